The minimum Gasteiger partial charge on any atom is -0.384 e. The van der Waals surface area contributed by atoms with E-state index in [9.17, 15) is 5.11 Å². The maximum absolute atomic E-state index is 9.49. The fourth-order valence-corrected chi connectivity index (χ4v) is 1.16. The molecule has 0 atom stereocenters. The molecule has 0 amide bonds. The van der Waals surface area contributed by atoms with Crippen LogP contribution in [0.1, 0.15) is 26.7 Å². The van der Waals surface area contributed by atoms with Crippen LogP contribution in [0.2, 0.25) is 0 Å². The van der Waals surface area contributed by atoms with E-state index in [0.717, 1.165) is 0 Å². The molecule has 0 aliphatic heterocycles. The molecule has 0 radical (unpaired) electrons. The Morgan fingerprint density at radius 3 is 1.89 bits per heavy atom. The highest BCUT2D eigenvalue weighted by molar-refractivity contribution is 8.11. The molecule has 0 aliphatic carbocycles. The van der Waals surface area contributed by atoms with Crippen molar-refractivity contribution in [2.24, 2.45) is 0 Å². The fourth-order valence-electron chi connectivity index (χ4n) is 0.552. The van der Waals surface area contributed by atoms with Crippen LogP contribution in [0.15, 0.2) is 0 Å². The summed E-state index contributed by atoms with van der Waals surface area (Å²) in [6, 6.07) is 0. The summed E-state index contributed by atoms with van der Waals surface area (Å²) >= 11 is 8.66. The largest absolute Gasteiger partial charge is 0.384 e. The highest BCUT2D eigenvalue weighted by Crippen LogP contribution is 2.18. The third kappa shape index (κ3) is 2.24. The minimum absolute atomic E-state index is 0.396. The zero-order chi connectivity index (χ0) is 7.49. The maximum Gasteiger partial charge on any atom is 0.105 e. The number of aliphatic hydroxyl groups is 1. The molecule has 0 spiro atoms. The standard InChI is InChI=1S/C6H12OS2/c1-3-6(7,4-2)5(8)9/h7H,3-4H2,1-2H3,(H,8,9). The molecule has 0 aromatic heterocycles. The molecule has 0 aromatic rings. The van der Waals surface area contributed by atoms with Crippen LogP contribution in [-0.2, 0) is 0 Å². The second-order valence-electron chi connectivity index (χ2n) is 2.04. The third-order valence-electron chi connectivity index (χ3n) is 1.57. The molecule has 0 unspecified atom stereocenters. The Morgan fingerprint density at radius 2 is 1.89 bits per heavy atom. The Labute approximate surface area is 66.9 Å². The molecule has 3 heteroatoms. The second kappa shape index (κ2) is 3.54. The topological polar surface area (TPSA) is 20.2 Å². The molecule has 1 nitrogen and oxygen atoms in total. The van der Waals surface area contributed by atoms with Gasteiger partial charge in [0.25, 0.3) is 0 Å². The fraction of sp³-hybridized carbons (Fsp3) is 0.833. The lowest BCUT2D eigenvalue weighted by atomic mass is 10.0. The Hall–Kier alpha value is 0.400. The number of rotatable bonds is 3. The summed E-state index contributed by atoms with van der Waals surface area (Å²) in [6.07, 6.45) is 1.29. The SMILES string of the molecule is CCC(O)(CC)C(=S)S. The first-order valence-corrected chi connectivity index (χ1v) is 3.88. The van der Waals surface area contributed by atoms with Crippen LogP contribution >= 0.6 is 24.8 Å². The molecule has 0 aliphatic rings. The normalized spacial score (nSPS) is 11.6. The summed E-state index contributed by atoms with van der Waals surface area (Å²) in [5, 5.41) is 9.49. The minimum atomic E-state index is -0.821. The van der Waals surface area contributed by atoms with E-state index in [1.54, 1.807) is 0 Å². The van der Waals surface area contributed by atoms with Crippen molar-refractivity contribution < 1.29 is 5.11 Å². The number of thiol groups is 1. The zero-order valence-electron chi connectivity index (χ0n) is 5.72. The number of hydrogen-bond acceptors (Lipinski definition) is 2. The first kappa shape index (κ1) is 9.40. The van der Waals surface area contributed by atoms with Gasteiger partial charge in [-0.1, -0.05) is 26.1 Å². The van der Waals surface area contributed by atoms with E-state index in [2.05, 4.69) is 12.6 Å². The lowest BCUT2D eigenvalue weighted by Crippen LogP contribution is -2.32. The van der Waals surface area contributed by atoms with Crippen LogP contribution in [0.25, 0.3) is 0 Å². The van der Waals surface area contributed by atoms with Crippen molar-refractivity contribution in [3.8, 4) is 0 Å². The van der Waals surface area contributed by atoms with E-state index in [1.165, 1.54) is 0 Å². The van der Waals surface area contributed by atoms with Gasteiger partial charge in [0.15, 0.2) is 0 Å². The number of thiocarbonyl (C=S) groups is 1. The summed E-state index contributed by atoms with van der Waals surface area (Å²) < 4.78 is 0.396. The van der Waals surface area contributed by atoms with Crippen LogP contribution in [0.5, 0.6) is 0 Å². The zero-order valence-corrected chi connectivity index (χ0v) is 7.43. The first-order chi connectivity index (χ1) is 4.06. The average molecular weight is 164 g/mol. The molecule has 0 aromatic carbocycles. The monoisotopic (exact) mass is 164 g/mol. The summed E-state index contributed by atoms with van der Waals surface area (Å²) in [5.41, 5.74) is -0.821. The van der Waals surface area contributed by atoms with Crippen LogP contribution < -0.4 is 0 Å². The molecular formula is C6H12OS2. The molecular weight excluding hydrogens is 152 g/mol. The van der Waals surface area contributed by atoms with Crippen molar-refractivity contribution in [2.45, 2.75) is 32.3 Å². The van der Waals surface area contributed by atoms with Gasteiger partial charge in [-0.3, -0.25) is 0 Å². The molecule has 0 bridgehead atoms. The highest BCUT2D eigenvalue weighted by Gasteiger charge is 2.24. The maximum atomic E-state index is 9.49. The molecule has 54 valence electrons. The van der Waals surface area contributed by atoms with Gasteiger partial charge in [0.1, 0.15) is 5.60 Å². The predicted molar refractivity (Wildman–Crippen MR) is 47.1 cm³/mol. The summed E-state index contributed by atoms with van der Waals surface area (Å²) in [4.78, 5) is 0. The van der Waals surface area contributed by atoms with Crippen molar-refractivity contribution in [2.75, 3.05) is 0 Å². The van der Waals surface area contributed by atoms with Gasteiger partial charge in [-0.2, -0.15) is 0 Å². The van der Waals surface area contributed by atoms with Gasteiger partial charge in [0, 0.05) is 0 Å². The molecule has 0 fully saturated rings. The predicted octanol–water partition coefficient (Wildman–Crippen LogP) is 1.79. The summed E-state index contributed by atoms with van der Waals surface area (Å²) in [5.74, 6) is 0. The lowest BCUT2D eigenvalue weighted by Gasteiger charge is -2.22. The van der Waals surface area contributed by atoms with Gasteiger partial charge < -0.3 is 5.11 Å². The lowest BCUT2D eigenvalue weighted by molar-refractivity contribution is 0.109. The quantitative estimate of drug-likeness (QED) is 0.490. The smallest absolute Gasteiger partial charge is 0.105 e. The van der Waals surface area contributed by atoms with Gasteiger partial charge >= 0.3 is 0 Å². The van der Waals surface area contributed by atoms with Crippen LogP contribution in [0.3, 0.4) is 0 Å². The van der Waals surface area contributed by atoms with Gasteiger partial charge in [-0.15, -0.1) is 12.6 Å². The van der Waals surface area contributed by atoms with E-state index in [-0.39, 0.29) is 0 Å². The van der Waals surface area contributed by atoms with Crippen molar-refractivity contribution >= 4 is 29.0 Å². The number of hydrogen-bond donors (Lipinski definition) is 2. The molecule has 0 heterocycles. The average Bonchev–Trinajstić information content (AvgIpc) is 1.86. The first-order valence-electron chi connectivity index (χ1n) is 3.02. The van der Waals surface area contributed by atoms with Gasteiger partial charge in [-0.05, 0) is 12.8 Å². The van der Waals surface area contributed by atoms with E-state index < -0.39 is 5.60 Å². The molecule has 0 rings (SSSR count). The Balaban J connectivity index is 4.09. The van der Waals surface area contributed by atoms with E-state index in [4.69, 9.17) is 12.2 Å². The van der Waals surface area contributed by atoms with E-state index in [1.807, 2.05) is 13.8 Å². The highest BCUT2D eigenvalue weighted by atomic mass is 32.1. The van der Waals surface area contributed by atoms with Crippen LogP contribution in [0, 0.1) is 0 Å². The Kier molecular flexibility index (Phi) is 3.70. The molecule has 1 N–H and O–H groups in total. The van der Waals surface area contributed by atoms with Crippen molar-refractivity contribution in [1.29, 1.82) is 0 Å². The van der Waals surface area contributed by atoms with Crippen molar-refractivity contribution in [3.63, 3.8) is 0 Å². The molecule has 9 heavy (non-hydrogen) atoms. The summed E-state index contributed by atoms with van der Waals surface area (Å²) in [6.45, 7) is 3.79. The van der Waals surface area contributed by atoms with Crippen molar-refractivity contribution in [3.05, 3.63) is 0 Å². The Bertz CT molecular complexity index is 108. The third-order valence-corrected chi connectivity index (χ3v) is 2.36. The molecule has 0 saturated heterocycles. The summed E-state index contributed by atoms with van der Waals surface area (Å²) in [7, 11) is 0. The Morgan fingerprint density at radius 1 is 1.56 bits per heavy atom. The van der Waals surface area contributed by atoms with E-state index >= 15 is 0 Å². The van der Waals surface area contributed by atoms with Crippen LogP contribution in [0.4, 0.5) is 0 Å². The van der Waals surface area contributed by atoms with E-state index in [0.29, 0.717) is 17.0 Å². The van der Waals surface area contributed by atoms with Gasteiger partial charge in [0.2, 0.25) is 0 Å². The molecule has 0 saturated carbocycles. The second-order valence-corrected chi connectivity index (χ2v) is 3.20. The van der Waals surface area contributed by atoms with Crippen molar-refractivity contribution in [1.82, 2.24) is 0 Å². The van der Waals surface area contributed by atoms with Crippen LogP contribution in [-0.4, -0.2) is 14.9 Å². The van der Waals surface area contributed by atoms with Gasteiger partial charge in [-0.25, -0.2) is 0 Å². The van der Waals surface area contributed by atoms with Gasteiger partial charge in [0.05, 0.1) is 4.20 Å².